The van der Waals surface area contributed by atoms with Crippen LogP contribution in [0.25, 0.3) is 5.52 Å². The highest BCUT2D eigenvalue weighted by Gasteiger charge is 2.09. The molecule has 3 rings (SSSR count). The van der Waals surface area contributed by atoms with Crippen molar-refractivity contribution in [2.45, 2.75) is 30.7 Å². The normalized spacial score (nSPS) is 11.2. The zero-order valence-electron chi connectivity index (χ0n) is 10.6. The molecule has 0 aliphatic heterocycles. The average molecular weight is 274 g/mol. The maximum Gasteiger partial charge on any atom is 0.237 e. The highest BCUT2D eigenvalue weighted by atomic mass is 32.2. The van der Waals surface area contributed by atoms with Gasteiger partial charge in [0, 0.05) is 12.6 Å². The van der Waals surface area contributed by atoms with Gasteiger partial charge in [-0.2, -0.15) is 4.98 Å². The van der Waals surface area contributed by atoms with Gasteiger partial charge in [-0.3, -0.25) is 4.40 Å². The summed E-state index contributed by atoms with van der Waals surface area (Å²) < 4.78 is 7.26. The molecule has 0 amide bonds. The zero-order valence-corrected chi connectivity index (χ0v) is 11.4. The first-order valence-electron chi connectivity index (χ1n) is 6.23. The minimum absolute atomic E-state index is 0.644. The average Bonchev–Trinajstić information content (AvgIpc) is 3.04. The number of fused-ring (bicyclic) bond motifs is 1. The van der Waals surface area contributed by atoms with Gasteiger partial charge in [0.05, 0.1) is 17.5 Å². The summed E-state index contributed by atoms with van der Waals surface area (Å²) in [5, 5.41) is 4.88. The van der Waals surface area contributed by atoms with Crippen LogP contribution < -0.4 is 0 Å². The lowest BCUT2D eigenvalue weighted by molar-refractivity contribution is 0.384. The topological polar surface area (TPSA) is 56.2 Å². The molecule has 0 atom stereocenters. The standard InChI is InChI=1S/C13H14N4OS/c1-2-5-11-15-12(18-16-11)9-19-13-14-8-10-6-3-4-7-17(10)13/h3-4,6-8H,2,5,9H2,1H3. The molecule has 0 saturated heterocycles. The van der Waals surface area contributed by atoms with Gasteiger partial charge in [0.1, 0.15) is 0 Å². The number of nitrogens with zero attached hydrogens (tertiary/aromatic N) is 4. The summed E-state index contributed by atoms with van der Waals surface area (Å²) in [6, 6.07) is 6.02. The summed E-state index contributed by atoms with van der Waals surface area (Å²) >= 11 is 1.60. The molecule has 0 aromatic carbocycles. The number of rotatable bonds is 5. The number of aryl methyl sites for hydroxylation is 1. The second-order valence-electron chi connectivity index (χ2n) is 4.18. The van der Waals surface area contributed by atoms with E-state index in [-0.39, 0.29) is 0 Å². The molecule has 5 nitrogen and oxygen atoms in total. The number of aromatic nitrogens is 4. The van der Waals surface area contributed by atoms with Gasteiger partial charge in [-0.05, 0) is 18.6 Å². The smallest absolute Gasteiger partial charge is 0.237 e. The van der Waals surface area contributed by atoms with Crippen LogP contribution in [0.5, 0.6) is 0 Å². The molecular formula is C13H14N4OS. The molecule has 0 fully saturated rings. The molecule has 98 valence electrons. The molecule has 0 aliphatic carbocycles. The van der Waals surface area contributed by atoms with Crippen molar-refractivity contribution in [3.63, 3.8) is 0 Å². The van der Waals surface area contributed by atoms with Crippen molar-refractivity contribution in [1.82, 2.24) is 19.5 Å². The van der Waals surface area contributed by atoms with E-state index in [0.29, 0.717) is 11.6 Å². The first kappa shape index (κ1) is 12.2. The van der Waals surface area contributed by atoms with Crippen molar-refractivity contribution >= 4 is 17.3 Å². The van der Waals surface area contributed by atoms with Crippen LogP contribution in [-0.2, 0) is 12.2 Å². The van der Waals surface area contributed by atoms with Crippen molar-refractivity contribution in [2.24, 2.45) is 0 Å². The van der Waals surface area contributed by atoms with Gasteiger partial charge in [-0.25, -0.2) is 4.98 Å². The Morgan fingerprint density at radius 3 is 3.21 bits per heavy atom. The van der Waals surface area contributed by atoms with Gasteiger partial charge in [0.2, 0.25) is 5.89 Å². The monoisotopic (exact) mass is 274 g/mol. The number of thioether (sulfide) groups is 1. The lowest BCUT2D eigenvalue weighted by Gasteiger charge is -1.97. The molecule has 0 aliphatic rings. The van der Waals surface area contributed by atoms with Crippen LogP contribution in [0, 0.1) is 0 Å². The van der Waals surface area contributed by atoms with Crippen molar-refractivity contribution in [3.8, 4) is 0 Å². The van der Waals surface area contributed by atoms with E-state index in [4.69, 9.17) is 4.52 Å². The van der Waals surface area contributed by atoms with E-state index in [0.717, 1.165) is 29.3 Å². The number of pyridine rings is 1. The summed E-state index contributed by atoms with van der Waals surface area (Å²) in [7, 11) is 0. The van der Waals surface area contributed by atoms with Crippen molar-refractivity contribution in [2.75, 3.05) is 0 Å². The van der Waals surface area contributed by atoms with Crippen LogP contribution in [-0.4, -0.2) is 19.5 Å². The Labute approximate surface area is 115 Å². The van der Waals surface area contributed by atoms with Gasteiger partial charge in [0.25, 0.3) is 0 Å². The predicted molar refractivity (Wildman–Crippen MR) is 73.0 cm³/mol. The molecule has 3 aromatic heterocycles. The number of imidazole rings is 1. The fourth-order valence-corrected chi connectivity index (χ4v) is 2.63. The summed E-state index contributed by atoms with van der Waals surface area (Å²) in [6.45, 7) is 2.10. The number of hydrogen-bond acceptors (Lipinski definition) is 5. The van der Waals surface area contributed by atoms with E-state index in [1.807, 2.05) is 35.0 Å². The van der Waals surface area contributed by atoms with Crippen molar-refractivity contribution in [3.05, 3.63) is 42.3 Å². The van der Waals surface area contributed by atoms with Gasteiger partial charge in [0.15, 0.2) is 11.0 Å². The maximum absolute atomic E-state index is 5.21. The molecular weight excluding hydrogens is 260 g/mol. The Morgan fingerprint density at radius 2 is 2.32 bits per heavy atom. The fourth-order valence-electron chi connectivity index (χ4n) is 1.83. The van der Waals surface area contributed by atoms with Gasteiger partial charge in [-0.1, -0.05) is 29.9 Å². The molecule has 0 spiro atoms. The van der Waals surface area contributed by atoms with Crippen LogP contribution in [0.4, 0.5) is 0 Å². The minimum Gasteiger partial charge on any atom is -0.338 e. The largest absolute Gasteiger partial charge is 0.338 e. The molecule has 19 heavy (non-hydrogen) atoms. The Balaban J connectivity index is 1.71. The molecule has 3 heterocycles. The predicted octanol–water partition coefficient (Wildman–Crippen LogP) is 2.96. The van der Waals surface area contributed by atoms with Crippen LogP contribution in [0.1, 0.15) is 25.1 Å². The Morgan fingerprint density at radius 1 is 1.37 bits per heavy atom. The summed E-state index contributed by atoms with van der Waals surface area (Å²) in [6.07, 6.45) is 5.75. The molecule has 0 saturated carbocycles. The first-order chi connectivity index (χ1) is 9.36. The highest BCUT2D eigenvalue weighted by molar-refractivity contribution is 7.98. The molecule has 0 unspecified atom stereocenters. The second kappa shape index (κ2) is 5.44. The lowest BCUT2D eigenvalue weighted by atomic mass is 10.3. The van der Waals surface area contributed by atoms with Gasteiger partial charge in [-0.15, -0.1) is 0 Å². The first-order valence-corrected chi connectivity index (χ1v) is 7.21. The van der Waals surface area contributed by atoms with E-state index in [9.17, 15) is 0 Å². The van der Waals surface area contributed by atoms with E-state index < -0.39 is 0 Å². The van der Waals surface area contributed by atoms with E-state index in [2.05, 4.69) is 22.0 Å². The Bertz CT molecular complexity index is 676. The van der Waals surface area contributed by atoms with Crippen molar-refractivity contribution in [1.29, 1.82) is 0 Å². The summed E-state index contributed by atoms with van der Waals surface area (Å²) in [5.41, 5.74) is 1.09. The fraction of sp³-hybridized carbons (Fsp3) is 0.308. The van der Waals surface area contributed by atoms with Crippen LogP contribution >= 0.6 is 11.8 Å². The molecule has 0 bridgehead atoms. The lowest BCUT2D eigenvalue weighted by Crippen LogP contribution is -1.89. The highest BCUT2D eigenvalue weighted by Crippen LogP contribution is 2.21. The Kier molecular flexibility index (Phi) is 3.50. The van der Waals surface area contributed by atoms with Crippen LogP contribution in [0.15, 0.2) is 40.3 Å². The van der Waals surface area contributed by atoms with Crippen LogP contribution in [0.2, 0.25) is 0 Å². The zero-order chi connectivity index (χ0) is 13.1. The second-order valence-corrected chi connectivity index (χ2v) is 5.12. The molecule has 3 aromatic rings. The Hall–Kier alpha value is -1.82. The third kappa shape index (κ3) is 2.63. The molecule has 0 radical (unpaired) electrons. The van der Waals surface area contributed by atoms with E-state index in [1.54, 1.807) is 11.8 Å². The summed E-state index contributed by atoms with van der Waals surface area (Å²) in [5.74, 6) is 2.08. The van der Waals surface area contributed by atoms with Gasteiger partial charge >= 0.3 is 0 Å². The van der Waals surface area contributed by atoms with E-state index in [1.165, 1.54) is 0 Å². The maximum atomic E-state index is 5.21. The van der Waals surface area contributed by atoms with E-state index >= 15 is 0 Å². The molecule has 0 N–H and O–H groups in total. The van der Waals surface area contributed by atoms with Crippen LogP contribution in [0.3, 0.4) is 0 Å². The minimum atomic E-state index is 0.644. The third-order valence-electron chi connectivity index (χ3n) is 2.71. The SMILES string of the molecule is CCCc1noc(CSc2ncc3ccccn23)n1. The summed E-state index contributed by atoms with van der Waals surface area (Å²) in [4.78, 5) is 8.73. The quantitative estimate of drug-likeness (QED) is 0.669. The van der Waals surface area contributed by atoms with Gasteiger partial charge < -0.3 is 4.52 Å². The van der Waals surface area contributed by atoms with Crippen molar-refractivity contribution < 1.29 is 4.52 Å². The third-order valence-corrected chi connectivity index (χ3v) is 3.66. The number of hydrogen-bond donors (Lipinski definition) is 0. The molecule has 6 heteroatoms.